The van der Waals surface area contributed by atoms with E-state index < -0.39 is 23.3 Å². The van der Waals surface area contributed by atoms with Gasteiger partial charge < -0.3 is 0 Å². The number of unbranched alkanes of at least 4 members (excludes halogenated alkanes) is 2. The molecule has 2 aromatic carbocycles. The highest BCUT2D eigenvalue weighted by atomic mass is 19.2. The van der Waals surface area contributed by atoms with Crippen LogP contribution in [-0.2, 0) is 12.8 Å². The van der Waals surface area contributed by atoms with Crippen LogP contribution in [0.4, 0.5) is 17.6 Å². The Morgan fingerprint density at radius 3 is 1.72 bits per heavy atom. The van der Waals surface area contributed by atoms with Gasteiger partial charge in [-0.05, 0) is 84.5 Å². The summed E-state index contributed by atoms with van der Waals surface area (Å²) in [6, 6.07) is 3.41. The number of halogens is 4. The van der Waals surface area contributed by atoms with Gasteiger partial charge in [0, 0.05) is 11.1 Å². The van der Waals surface area contributed by atoms with Gasteiger partial charge in [0.1, 0.15) is 0 Å². The van der Waals surface area contributed by atoms with Crippen LogP contribution in [0.25, 0.3) is 11.1 Å². The molecule has 214 valence electrons. The largest absolute Gasteiger partial charge is 0.203 e. The summed E-state index contributed by atoms with van der Waals surface area (Å²) in [6.45, 7) is 4.19. The van der Waals surface area contributed by atoms with E-state index in [1.807, 2.05) is 6.92 Å². The number of hydrogen-bond donors (Lipinski definition) is 0. The van der Waals surface area contributed by atoms with Gasteiger partial charge in [0.05, 0.1) is 0 Å². The topological polar surface area (TPSA) is 0 Å². The summed E-state index contributed by atoms with van der Waals surface area (Å²) in [5.41, 5.74) is 1.78. The van der Waals surface area contributed by atoms with Crippen molar-refractivity contribution >= 4 is 0 Å². The van der Waals surface area contributed by atoms with Gasteiger partial charge in [-0.25, -0.2) is 17.6 Å². The molecule has 0 bridgehead atoms. The van der Waals surface area contributed by atoms with E-state index in [4.69, 9.17) is 0 Å². The highest BCUT2D eigenvalue weighted by molar-refractivity contribution is 5.79. The maximum atomic E-state index is 15.4. The second-order valence-corrected chi connectivity index (χ2v) is 12.9. The van der Waals surface area contributed by atoms with E-state index in [-0.39, 0.29) is 17.0 Å². The fourth-order valence-corrected chi connectivity index (χ4v) is 7.94. The summed E-state index contributed by atoms with van der Waals surface area (Å²) in [6.07, 6.45) is 19.0. The Kier molecular flexibility index (Phi) is 9.39. The molecule has 0 nitrogen and oxygen atoms in total. The first-order valence-electron chi connectivity index (χ1n) is 15.9. The van der Waals surface area contributed by atoms with Crippen LogP contribution in [0, 0.1) is 41.0 Å². The van der Waals surface area contributed by atoms with Crippen molar-refractivity contribution in [2.45, 2.75) is 129 Å². The first kappa shape index (κ1) is 28.7. The molecule has 0 spiro atoms. The zero-order chi connectivity index (χ0) is 27.5. The van der Waals surface area contributed by atoms with Crippen molar-refractivity contribution in [3.63, 3.8) is 0 Å². The number of fused-ring (bicyclic) bond motifs is 3. The lowest BCUT2D eigenvalue weighted by atomic mass is 9.73. The second-order valence-electron chi connectivity index (χ2n) is 12.9. The summed E-state index contributed by atoms with van der Waals surface area (Å²) in [4.78, 5) is 0. The van der Waals surface area contributed by atoms with Gasteiger partial charge in [0.15, 0.2) is 23.3 Å². The first-order chi connectivity index (χ1) is 18.9. The molecule has 0 amide bonds. The van der Waals surface area contributed by atoms with Crippen LogP contribution in [0.1, 0.15) is 138 Å². The molecule has 2 aromatic rings. The minimum atomic E-state index is -1.04. The molecule has 0 saturated heterocycles. The second kappa shape index (κ2) is 12.8. The molecule has 4 heteroatoms. The van der Waals surface area contributed by atoms with E-state index in [2.05, 4.69) is 6.92 Å². The van der Waals surface area contributed by atoms with E-state index in [0.29, 0.717) is 47.4 Å². The van der Waals surface area contributed by atoms with Crippen LogP contribution < -0.4 is 0 Å². The van der Waals surface area contributed by atoms with Crippen molar-refractivity contribution in [3.05, 3.63) is 57.7 Å². The normalized spacial score (nSPS) is 24.6. The van der Waals surface area contributed by atoms with Crippen molar-refractivity contribution in [1.82, 2.24) is 0 Å². The highest BCUT2D eigenvalue weighted by Crippen LogP contribution is 2.47. The average molecular weight is 543 g/mol. The molecule has 39 heavy (non-hydrogen) atoms. The molecule has 0 unspecified atom stereocenters. The quantitative estimate of drug-likeness (QED) is 0.177. The van der Waals surface area contributed by atoms with Crippen molar-refractivity contribution < 1.29 is 17.6 Å². The summed E-state index contributed by atoms with van der Waals surface area (Å²) in [5, 5.41) is 0. The Labute approximate surface area is 233 Å². The molecular formula is C35H46F4. The Balaban J connectivity index is 1.18. The van der Waals surface area contributed by atoms with Crippen LogP contribution in [0.3, 0.4) is 0 Å². The smallest absolute Gasteiger partial charge is 0.167 e. The molecule has 5 rings (SSSR count). The zero-order valence-electron chi connectivity index (χ0n) is 24.0. The lowest BCUT2D eigenvalue weighted by Gasteiger charge is -2.32. The van der Waals surface area contributed by atoms with Crippen LogP contribution in [0.5, 0.6) is 0 Å². The molecule has 0 aromatic heterocycles. The minimum Gasteiger partial charge on any atom is -0.203 e. The molecule has 0 aliphatic heterocycles. The van der Waals surface area contributed by atoms with Crippen molar-refractivity contribution in [2.75, 3.05) is 0 Å². The summed E-state index contributed by atoms with van der Waals surface area (Å²) >= 11 is 0. The minimum absolute atomic E-state index is 0.000516. The maximum Gasteiger partial charge on any atom is 0.167 e. The third-order valence-corrected chi connectivity index (χ3v) is 10.3. The molecular weight excluding hydrogens is 496 g/mol. The van der Waals surface area contributed by atoms with Crippen molar-refractivity contribution in [2.24, 2.45) is 17.8 Å². The van der Waals surface area contributed by atoms with Crippen LogP contribution in [0.15, 0.2) is 12.1 Å². The Morgan fingerprint density at radius 2 is 1.13 bits per heavy atom. The van der Waals surface area contributed by atoms with E-state index in [1.54, 1.807) is 12.1 Å². The van der Waals surface area contributed by atoms with Crippen LogP contribution >= 0.6 is 0 Å². The SMILES string of the molecule is CCCCCC1CCC(CCC2CCC(c3cc4c(c(F)c3F)-c3c(cc(CCC)c(F)c3F)C4)CC2)CC1. The Hall–Kier alpha value is -1.84. The molecule has 3 aliphatic carbocycles. The summed E-state index contributed by atoms with van der Waals surface area (Å²) in [7, 11) is 0. The monoisotopic (exact) mass is 542 g/mol. The fourth-order valence-electron chi connectivity index (χ4n) is 7.94. The molecule has 3 aliphatic rings. The predicted octanol–water partition coefficient (Wildman–Crippen LogP) is 11.2. The van der Waals surface area contributed by atoms with Gasteiger partial charge in [-0.1, -0.05) is 96.6 Å². The highest BCUT2D eigenvalue weighted by Gasteiger charge is 2.34. The van der Waals surface area contributed by atoms with Gasteiger partial charge in [0.2, 0.25) is 0 Å². The first-order valence-corrected chi connectivity index (χ1v) is 15.9. The lowest BCUT2D eigenvalue weighted by Crippen LogP contribution is -2.18. The average Bonchev–Trinajstić information content (AvgIpc) is 3.32. The third-order valence-electron chi connectivity index (χ3n) is 10.3. The number of benzene rings is 2. The van der Waals surface area contributed by atoms with Gasteiger partial charge >= 0.3 is 0 Å². The Morgan fingerprint density at radius 1 is 0.590 bits per heavy atom. The maximum absolute atomic E-state index is 15.4. The number of rotatable bonds is 10. The van der Waals surface area contributed by atoms with Crippen LogP contribution in [-0.4, -0.2) is 0 Å². The summed E-state index contributed by atoms with van der Waals surface area (Å²) < 4.78 is 60.4. The number of aryl methyl sites for hydroxylation is 1. The molecule has 0 heterocycles. The molecule has 0 radical (unpaired) electrons. The lowest BCUT2D eigenvalue weighted by molar-refractivity contribution is 0.221. The van der Waals surface area contributed by atoms with Crippen molar-refractivity contribution in [3.8, 4) is 11.1 Å². The Bertz CT molecular complexity index is 1140. The third kappa shape index (κ3) is 6.10. The van der Waals surface area contributed by atoms with E-state index in [0.717, 1.165) is 37.5 Å². The van der Waals surface area contributed by atoms with Crippen molar-refractivity contribution in [1.29, 1.82) is 0 Å². The van der Waals surface area contributed by atoms with Gasteiger partial charge in [0.25, 0.3) is 0 Å². The zero-order valence-corrected chi connectivity index (χ0v) is 24.0. The van der Waals surface area contributed by atoms with Gasteiger partial charge in [-0.15, -0.1) is 0 Å². The standard InChI is InChI=1S/C35H46F4/c1-3-5-6-8-22-9-11-23(12-10-22)13-14-24-15-17-25(18-16-24)29-21-28-20-27-19-26(7-4-2)32(36)34(38)30(27)31(28)35(39)33(29)37/h19,21-25H,3-18,20H2,1-2H3. The molecule has 2 fully saturated rings. The van der Waals surface area contributed by atoms with Crippen LogP contribution in [0.2, 0.25) is 0 Å². The predicted molar refractivity (Wildman–Crippen MR) is 152 cm³/mol. The van der Waals surface area contributed by atoms with E-state index >= 15 is 13.2 Å². The van der Waals surface area contributed by atoms with Gasteiger partial charge in [-0.2, -0.15) is 0 Å². The summed E-state index contributed by atoms with van der Waals surface area (Å²) in [5.74, 6) is -1.32. The number of hydrogen-bond acceptors (Lipinski definition) is 0. The van der Waals surface area contributed by atoms with E-state index in [9.17, 15) is 4.39 Å². The molecule has 0 N–H and O–H groups in total. The molecule has 2 saturated carbocycles. The fraction of sp³-hybridized carbons (Fsp3) is 0.657. The van der Waals surface area contributed by atoms with Gasteiger partial charge in [-0.3, -0.25) is 0 Å². The molecule has 0 atom stereocenters. The van der Waals surface area contributed by atoms with E-state index in [1.165, 1.54) is 64.2 Å².